The Morgan fingerprint density at radius 3 is 2.12 bits per heavy atom. The summed E-state index contributed by atoms with van der Waals surface area (Å²) in [4.78, 5) is 9.81. The maximum absolute atomic E-state index is 5.27. The minimum Gasteiger partial charge on any atom is -0.497 e. The van der Waals surface area contributed by atoms with Crippen molar-refractivity contribution in [2.24, 2.45) is 0 Å². The first-order valence-electron chi connectivity index (χ1n) is 8.37. The normalized spacial score (nSPS) is 10.8. The lowest BCUT2D eigenvalue weighted by Crippen LogP contribution is -2.00. The summed E-state index contributed by atoms with van der Waals surface area (Å²) in [7, 11) is 1.67. The van der Waals surface area contributed by atoms with Crippen LogP contribution in [-0.2, 0) is 6.42 Å². The Bertz CT molecular complexity index is 1040. The molecule has 0 saturated heterocycles. The largest absolute Gasteiger partial charge is 0.497 e. The van der Waals surface area contributed by atoms with E-state index in [4.69, 9.17) is 14.7 Å². The number of ether oxygens (including phenoxy) is 1. The predicted molar refractivity (Wildman–Crippen MR) is 108 cm³/mol. The van der Waals surface area contributed by atoms with Crippen LogP contribution in [0.4, 0.5) is 0 Å². The fourth-order valence-electron chi connectivity index (χ4n) is 2.94. The van der Waals surface area contributed by atoms with Gasteiger partial charge in [0.1, 0.15) is 5.75 Å². The number of halogens is 1. The van der Waals surface area contributed by atoms with Gasteiger partial charge < -0.3 is 4.74 Å². The highest BCUT2D eigenvalue weighted by atomic mass is 79.9. The molecule has 3 aromatic carbocycles. The Labute approximate surface area is 160 Å². The maximum atomic E-state index is 5.27. The number of aromatic nitrogens is 2. The van der Waals surface area contributed by atoms with Crippen LogP contribution in [0.1, 0.15) is 11.3 Å². The SMILES string of the molecule is COc1ccc(-c2nc3ccccc3nc2Cc2ccc(Br)cc2)cc1. The van der Waals surface area contributed by atoms with Crippen LogP contribution in [0.2, 0.25) is 0 Å². The average Bonchev–Trinajstić information content (AvgIpc) is 2.69. The number of nitrogens with zero attached hydrogens (tertiary/aromatic N) is 2. The first-order valence-corrected chi connectivity index (χ1v) is 9.17. The molecular weight excluding hydrogens is 388 g/mol. The predicted octanol–water partition coefficient (Wildman–Crippen LogP) is 5.66. The molecule has 0 amide bonds. The number of hydrogen-bond donors (Lipinski definition) is 0. The molecule has 0 unspecified atom stereocenters. The number of fused-ring (bicyclic) bond motifs is 1. The standard InChI is InChI=1S/C22H17BrN2O/c1-26-18-12-8-16(9-13-18)22-21(14-15-6-10-17(23)11-7-15)24-19-4-2-3-5-20(19)25-22/h2-13H,14H2,1H3. The van der Waals surface area contributed by atoms with E-state index >= 15 is 0 Å². The third-order valence-electron chi connectivity index (χ3n) is 4.29. The highest BCUT2D eigenvalue weighted by molar-refractivity contribution is 9.10. The molecule has 0 aliphatic rings. The lowest BCUT2D eigenvalue weighted by molar-refractivity contribution is 0.415. The van der Waals surface area contributed by atoms with Gasteiger partial charge in [-0.25, -0.2) is 9.97 Å². The van der Waals surface area contributed by atoms with E-state index in [1.807, 2.05) is 48.5 Å². The molecule has 1 heterocycles. The molecule has 4 rings (SSSR count). The number of para-hydroxylation sites is 2. The number of benzene rings is 3. The Kier molecular flexibility index (Phi) is 4.67. The zero-order valence-corrected chi connectivity index (χ0v) is 15.9. The molecule has 0 saturated carbocycles. The Morgan fingerprint density at radius 1 is 0.808 bits per heavy atom. The topological polar surface area (TPSA) is 35.0 Å². The summed E-state index contributed by atoms with van der Waals surface area (Å²) in [5.41, 5.74) is 5.93. The van der Waals surface area contributed by atoms with Crippen molar-refractivity contribution in [3.05, 3.63) is 88.5 Å². The average molecular weight is 405 g/mol. The van der Waals surface area contributed by atoms with Gasteiger partial charge in [-0.3, -0.25) is 0 Å². The summed E-state index contributed by atoms with van der Waals surface area (Å²) in [5.74, 6) is 0.831. The third kappa shape index (κ3) is 3.46. The zero-order valence-electron chi connectivity index (χ0n) is 14.3. The fourth-order valence-corrected chi connectivity index (χ4v) is 3.20. The van der Waals surface area contributed by atoms with Crippen molar-refractivity contribution in [1.82, 2.24) is 9.97 Å². The van der Waals surface area contributed by atoms with Crippen LogP contribution in [0.15, 0.2) is 77.3 Å². The highest BCUT2D eigenvalue weighted by Gasteiger charge is 2.12. The van der Waals surface area contributed by atoms with Crippen LogP contribution in [0, 0.1) is 0 Å². The van der Waals surface area contributed by atoms with Crippen molar-refractivity contribution in [2.75, 3.05) is 7.11 Å². The Balaban J connectivity index is 1.83. The summed E-state index contributed by atoms with van der Waals surface area (Å²) in [6.07, 6.45) is 0.729. The van der Waals surface area contributed by atoms with E-state index in [9.17, 15) is 0 Å². The molecular formula is C22H17BrN2O. The van der Waals surface area contributed by atoms with Crippen molar-refractivity contribution in [2.45, 2.75) is 6.42 Å². The second-order valence-electron chi connectivity index (χ2n) is 6.04. The van der Waals surface area contributed by atoms with Gasteiger partial charge in [-0.1, -0.05) is 40.2 Å². The summed E-state index contributed by atoms with van der Waals surface area (Å²) in [6, 6.07) is 24.3. The monoisotopic (exact) mass is 404 g/mol. The van der Waals surface area contributed by atoms with Gasteiger partial charge >= 0.3 is 0 Å². The lowest BCUT2D eigenvalue weighted by atomic mass is 10.0. The fraction of sp³-hybridized carbons (Fsp3) is 0.0909. The third-order valence-corrected chi connectivity index (χ3v) is 4.82. The van der Waals surface area contributed by atoms with Gasteiger partial charge in [0.15, 0.2) is 0 Å². The number of rotatable bonds is 4. The maximum Gasteiger partial charge on any atom is 0.118 e. The first kappa shape index (κ1) is 16.7. The van der Waals surface area contributed by atoms with Gasteiger partial charge in [-0.2, -0.15) is 0 Å². The van der Waals surface area contributed by atoms with E-state index in [0.29, 0.717) is 0 Å². The molecule has 4 heteroatoms. The van der Waals surface area contributed by atoms with E-state index < -0.39 is 0 Å². The van der Waals surface area contributed by atoms with Crippen molar-refractivity contribution in [1.29, 1.82) is 0 Å². The quantitative estimate of drug-likeness (QED) is 0.440. The van der Waals surface area contributed by atoms with Crippen molar-refractivity contribution in [3.63, 3.8) is 0 Å². The molecule has 1 aromatic heterocycles. The van der Waals surface area contributed by atoms with Gasteiger partial charge in [0.25, 0.3) is 0 Å². The summed E-state index contributed by atoms with van der Waals surface area (Å²) in [6.45, 7) is 0. The summed E-state index contributed by atoms with van der Waals surface area (Å²) in [5, 5.41) is 0. The minimum absolute atomic E-state index is 0.729. The van der Waals surface area contributed by atoms with Gasteiger partial charge in [0.2, 0.25) is 0 Å². The molecule has 128 valence electrons. The van der Waals surface area contributed by atoms with Crippen LogP contribution in [0.5, 0.6) is 5.75 Å². The van der Waals surface area contributed by atoms with Crippen LogP contribution in [0.3, 0.4) is 0 Å². The molecule has 0 bridgehead atoms. The van der Waals surface area contributed by atoms with Gasteiger partial charge in [-0.15, -0.1) is 0 Å². The van der Waals surface area contributed by atoms with Crippen molar-refractivity contribution >= 4 is 27.0 Å². The van der Waals surface area contributed by atoms with Gasteiger partial charge in [0, 0.05) is 16.5 Å². The van der Waals surface area contributed by atoms with E-state index in [2.05, 4.69) is 40.2 Å². The second kappa shape index (κ2) is 7.26. The van der Waals surface area contributed by atoms with Crippen LogP contribution in [0.25, 0.3) is 22.3 Å². The molecule has 0 aliphatic heterocycles. The first-order chi connectivity index (χ1) is 12.7. The second-order valence-corrected chi connectivity index (χ2v) is 6.96. The van der Waals surface area contributed by atoms with E-state index in [1.165, 1.54) is 5.56 Å². The van der Waals surface area contributed by atoms with Crippen LogP contribution >= 0.6 is 15.9 Å². The summed E-state index contributed by atoms with van der Waals surface area (Å²) >= 11 is 3.49. The van der Waals surface area contributed by atoms with Crippen LogP contribution < -0.4 is 4.74 Å². The van der Waals surface area contributed by atoms with Crippen molar-refractivity contribution in [3.8, 4) is 17.0 Å². The number of methoxy groups -OCH3 is 1. The Hall–Kier alpha value is -2.72. The van der Waals surface area contributed by atoms with E-state index in [1.54, 1.807) is 7.11 Å². The van der Waals surface area contributed by atoms with E-state index in [0.717, 1.165) is 44.6 Å². The molecule has 0 fully saturated rings. The molecule has 0 spiro atoms. The minimum atomic E-state index is 0.729. The molecule has 4 aromatic rings. The van der Waals surface area contributed by atoms with Crippen LogP contribution in [-0.4, -0.2) is 17.1 Å². The lowest BCUT2D eigenvalue weighted by Gasteiger charge is -2.11. The molecule has 26 heavy (non-hydrogen) atoms. The van der Waals surface area contributed by atoms with Gasteiger partial charge in [-0.05, 0) is 54.1 Å². The Morgan fingerprint density at radius 2 is 1.46 bits per heavy atom. The molecule has 0 aliphatic carbocycles. The molecule has 0 atom stereocenters. The highest BCUT2D eigenvalue weighted by Crippen LogP contribution is 2.27. The van der Waals surface area contributed by atoms with Gasteiger partial charge in [0.05, 0.1) is 29.5 Å². The van der Waals surface area contributed by atoms with E-state index in [-0.39, 0.29) is 0 Å². The zero-order chi connectivity index (χ0) is 17.9. The molecule has 3 nitrogen and oxygen atoms in total. The van der Waals surface area contributed by atoms with Crippen molar-refractivity contribution < 1.29 is 4.74 Å². The number of hydrogen-bond acceptors (Lipinski definition) is 3. The summed E-state index contributed by atoms with van der Waals surface area (Å²) < 4.78 is 6.34. The smallest absolute Gasteiger partial charge is 0.118 e. The molecule has 0 radical (unpaired) electrons. The molecule has 0 N–H and O–H groups in total.